The third-order valence-corrected chi connectivity index (χ3v) is 7.78. The van der Waals surface area contributed by atoms with Gasteiger partial charge in [-0.1, -0.05) is 17.7 Å². The van der Waals surface area contributed by atoms with E-state index in [2.05, 4.69) is 5.32 Å². The number of amides is 3. The lowest BCUT2D eigenvalue weighted by Crippen LogP contribution is -2.54. The molecule has 3 amide bonds. The third-order valence-electron chi connectivity index (χ3n) is 7.56. The van der Waals surface area contributed by atoms with E-state index in [1.165, 1.54) is 24.3 Å². The Morgan fingerprint density at radius 1 is 1.18 bits per heavy atom. The fraction of sp³-hybridized carbons (Fsp3) is 0.348. The number of aryl methyl sites for hydroxylation is 1. The number of nitro benzene ring substituents is 1. The summed E-state index contributed by atoms with van der Waals surface area (Å²) in [7, 11) is 0. The molecular weight excluding hydrogens is 448 g/mol. The molecule has 0 aliphatic carbocycles. The zero-order valence-corrected chi connectivity index (χ0v) is 18.3. The number of nitrogens with zero attached hydrogens (tertiary/aromatic N) is 3. The Morgan fingerprint density at radius 2 is 1.97 bits per heavy atom. The zero-order chi connectivity index (χ0) is 23.2. The van der Waals surface area contributed by atoms with Crippen LogP contribution in [0.2, 0.25) is 5.02 Å². The first-order chi connectivity index (χ1) is 15.8. The van der Waals surface area contributed by atoms with Gasteiger partial charge in [0.1, 0.15) is 5.54 Å². The second-order valence-electron chi connectivity index (χ2n) is 9.06. The molecule has 3 fully saturated rings. The molecule has 0 radical (unpaired) electrons. The van der Waals surface area contributed by atoms with Crippen LogP contribution in [-0.2, 0) is 19.9 Å². The van der Waals surface area contributed by atoms with Gasteiger partial charge < -0.3 is 5.32 Å². The van der Waals surface area contributed by atoms with Crippen LogP contribution in [0.5, 0.6) is 0 Å². The minimum atomic E-state index is -1.33. The van der Waals surface area contributed by atoms with Crippen molar-refractivity contribution >= 4 is 46.4 Å². The molecule has 168 valence electrons. The van der Waals surface area contributed by atoms with E-state index in [9.17, 15) is 24.5 Å². The highest BCUT2D eigenvalue weighted by Crippen LogP contribution is 2.61. The van der Waals surface area contributed by atoms with Crippen LogP contribution in [-0.4, -0.2) is 40.1 Å². The van der Waals surface area contributed by atoms with Gasteiger partial charge in [0.25, 0.3) is 5.69 Å². The maximum atomic E-state index is 13.9. The van der Waals surface area contributed by atoms with Crippen LogP contribution in [0, 0.1) is 28.9 Å². The van der Waals surface area contributed by atoms with Gasteiger partial charge in [-0.3, -0.25) is 29.4 Å². The number of nitro groups is 1. The average Bonchev–Trinajstić information content (AvgIpc) is 3.47. The van der Waals surface area contributed by atoms with Gasteiger partial charge >= 0.3 is 0 Å². The van der Waals surface area contributed by atoms with Crippen LogP contribution < -0.4 is 10.2 Å². The Bertz CT molecular complexity index is 1300. The van der Waals surface area contributed by atoms with E-state index in [0.717, 1.165) is 16.9 Å². The van der Waals surface area contributed by atoms with Gasteiger partial charge in [0.15, 0.2) is 0 Å². The summed E-state index contributed by atoms with van der Waals surface area (Å²) >= 11 is 6.38. The highest BCUT2D eigenvalue weighted by atomic mass is 35.5. The van der Waals surface area contributed by atoms with Crippen molar-refractivity contribution < 1.29 is 19.3 Å². The van der Waals surface area contributed by atoms with Crippen molar-refractivity contribution in [3.63, 3.8) is 0 Å². The Hall–Kier alpha value is -3.30. The minimum Gasteiger partial charge on any atom is -0.324 e. The first-order valence-corrected chi connectivity index (χ1v) is 11.2. The highest BCUT2D eigenvalue weighted by Gasteiger charge is 2.74. The first kappa shape index (κ1) is 20.3. The number of halogens is 1. The maximum absolute atomic E-state index is 13.9. The van der Waals surface area contributed by atoms with Gasteiger partial charge in [-0.15, -0.1) is 0 Å². The van der Waals surface area contributed by atoms with Crippen molar-refractivity contribution in [1.82, 2.24) is 4.90 Å². The number of fused-ring (bicyclic) bond motifs is 7. The Balaban J connectivity index is 1.55. The zero-order valence-electron chi connectivity index (χ0n) is 17.6. The van der Waals surface area contributed by atoms with Gasteiger partial charge in [-0.05, 0) is 50.1 Å². The molecule has 4 aliphatic rings. The van der Waals surface area contributed by atoms with E-state index in [1.807, 2.05) is 11.8 Å². The van der Waals surface area contributed by atoms with Gasteiger partial charge in [-0.25, -0.2) is 4.90 Å². The van der Waals surface area contributed by atoms with Crippen LogP contribution in [0.25, 0.3) is 0 Å². The van der Waals surface area contributed by atoms with E-state index >= 15 is 0 Å². The van der Waals surface area contributed by atoms with Crippen LogP contribution in [0.4, 0.5) is 17.1 Å². The maximum Gasteiger partial charge on any atom is 0.271 e. The third kappa shape index (κ3) is 2.38. The average molecular weight is 467 g/mol. The van der Waals surface area contributed by atoms with Crippen molar-refractivity contribution in [1.29, 1.82) is 0 Å². The number of hydrogen-bond acceptors (Lipinski definition) is 6. The smallest absolute Gasteiger partial charge is 0.271 e. The molecule has 0 bridgehead atoms. The van der Waals surface area contributed by atoms with Crippen molar-refractivity contribution in [2.75, 3.05) is 16.8 Å². The summed E-state index contributed by atoms with van der Waals surface area (Å²) < 4.78 is 0. The van der Waals surface area contributed by atoms with Gasteiger partial charge in [0, 0.05) is 34.4 Å². The van der Waals surface area contributed by atoms with Crippen molar-refractivity contribution in [2.45, 2.75) is 31.3 Å². The summed E-state index contributed by atoms with van der Waals surface area (Å²) in [6.45, 7) is 2.43. The molecule has 6 rings (SSSR count). The van der Waals surface area contributed by atoms with E-state index in [4.69, 9.17) is 11.6 Å². The fourth-order valence-corrected chi connectivity index (χ4v) is 6.71. The lowest BCUT2D eigenvalue weighted by Gasteiger charge is -2.36. The molecule has 9 nitrogen and oxygen atoms in total. The normalized spacial score (nSPS) is 30.1. The molecule has 1 spiro atoms. The van der Waals surface area contributed by atoms with Gasteiger partial charge in [-0.2, -0.15) is 0 Å². The summed E-state index contributed by atoms with van der Waals surface area (Å²) in [4.78, 5) is 55.0. The number of carbonyl (C=O) groups is 3. The first-order valence-electron chi connectivity index (χ1n) is 10.8. The van der Waals surface area contributed by atoms with Crippen molar-refractivity contribution in [3.05, 3.63) is 62.7 Å². The Kier molecular flexibility index (Phi) is 4.07. The Morgan fingerprint density at radius 3 is 2.73 bits per heavy atom. The number of benzene rings is 2. The molecule has 1 N–H and O–H groups in total. The highest BCUT2D eigenvalue weighted by molar-refractivity contribution is 6.31. The number of carbonyl (C=O) groups excluding carboxylic acids is 3. The summed E-state index contributed by atoms with van der Waals surface area (Å²) in [5, 5.41) is 14.7. The summed E-state index contributed by atoms with van der Waals surface area (Å²) in [5.41, 5.74) is 0.639. The van der Waals surface area contributed by atoms with E-state index < -0.39 is 34.1 Å². The fourth-order valence-electron chi connectivity index (χ4n) is 6.44. The molecule has 4 atom stereocenters. The van der Waals surface area contributed by atoms with Gasteiger partial charge in [0.05, 0.1) is 22.4 Å². The van der Waals surface area contributed by atoms with Crippen molar-refractivity contribution in [2.24, 2.45) is 11.8 Å². The summed E-state index contributed by atoms with van der Waals surface area (Å²) in [6, 6.07) is 8.68. The predicted molar refractivity (Wildman–Crippen MR) is 119 cm³/mol. The monoisotopic (exact) mass is 466 g/mol. The predicted octanol–water partition coefficient (Wildman–Crippen LogP) is 2.99. The molecule has 2 aromatic carbocycles. The molecule has 0 unspecified atom stereocenters. The van der Waals surface area contributed by atoms with Crippen LogP contribution in [0.3, 0.4) is 0 Å². The standard InChI is InChI=1S/C23H19ClN4O5/c1-11-8-12(24)9-15-19(11)25-22(31)23(15)18-17(16-6-3-7-26(16)23)20(29)27(21(18)30)13-4-2-5-14(10-13)28(32)33/h2,4-5,8-10,16-18H,3,6-7H2,1H3,(H,25,31)/t16-,17-,18-,23+/m1/s1. The van der Waals surface area contributed by atoms with E-state index in [0.29, 0.717) is 29.2 Å². The number of nitrogens with one attached hydrogen (secondary N) is 1. The molecule has 2 aromatic rings. The van der Waals surface area contributed by atoms with Crippen LogP contribution >= 0.6 is 11.6 Å². The number of imide groups is 1. The largest absolute Gasteiger partial charge is 0.324 e. The second kappa shape index (κ2) is 6.61. The Labute approximate surface area is 193 Å². The molecule has 10 heteroatoms. The molecule has 0 saturated carbocycles. The topological polar surface area (TPSA) is 113 Å². The molecule has 0 aromatic heterocycles. The quantitative estimate of drug-likeness (QED) is 0.413. The number of rotatable bonds is 2. The minimum absolute atomic E-state index is 0.147. The molecular formula is C23H19ClN4O5. The van der Waals surface area contributed by atoms with E-state index in [-0.39, 0.29) is 23.3 Å². The number of anilines is 2. The van der Waals surface area contributed by atoms with Gasteiger partial charge in [0.2, 0.25) is 17.7 Å². The molecule has 33 heavy (non-hydrogen) atoms. The lowest BCUT2D eigenvalue weighted by atomic mass is 9.75. The molecule has 4 aliphatic heterocycles. The van der Waals surface area contributed by atoms with Crippen molar-refractivity contribution in [3.8, 4) is 0 Å². The SMILES string of the molecule is Cc1cc(Cl)cc2c1NC(=O)[C@@]21[C@H]2C(=O)N(c3cccc([N+](=O)[O-])c3)C(=O)[C@@H]2[C@H]2CCCN21. The van der Waals surface area contributed by atoms with Crippen LogP contribution in [0.15, 0.2) is 36.4 Å². The summed E-state index contributed by atoms with van der Waals surface area (Å²) in [5.74, 6) is -2.91. The summed E-state index contributed by atoms with van der Waals surface area (Å²) in [6.07, 6.45) is 1.49. The number of non-ortho nitro benzene ring substituents is 1. The second-order valence-corrected chi connectivity index (χ2v) is 9.50. The van der Waals surface area contributed by atoms with Crippen LogP contribution in [0.1, 0.15) is 24.0 Å². The molecule has 4 heterocycles. The number of hydrogen-bond donors (Lipinski definition) is 1. The molecule has 3 saturated heterocycles. The lowest BCUT2D eigenvalue weighted by molar-refractivity contribution is -0.384. The van der Waals surface area contributed by atoms with E-state index in [1.54, 1.807) is 12.1 Å².